The Morgan fingerprint density at radius 2 is 1.38 bits per heavy atom. The largest absolute Gasteiger partial charge is 0.397 e. The Labute approximate surface area is 171 Å². The minimum absolute atomic E-state index is 0.0908. The molecule has 0 fully saturated rings. The second-order valence-electron chi connectivity index (χ2n) is 6.25. The van der Waals surface area contributed by atoms with Crippen molar-refractivity contribution in [2.45, 2.75) is 39.8 Å². The molecule has 0 aliphatic carbocycles. The Hall–Kier alpha value is -1.80. The first-order valence-corrected chi connectivity index (χ1v) is 9.70. The van der Waals surface area contributed by atoms with Crippen molar-refractivity contribution in [3.8, 4) is 0 Å². The van der Waals surface area contributed by atoms with Crippen LogP contribution in [0, 0.1) is 10.1 Å². The Kier molecular flexibility index (Phi) is 8.87. The predicted octanol–water partition coefficient (Wildman–Crippen LogP) is 6.03. The number of nitro benzene ring substituents is 1. The third-order valence-electron chi connectivity index (χ3n) is 3.06. The van der Waals surface area contributed by atoms with Crippen molar-refractivity contribution in [3.05, 3.63) is 55.5 Å². The maximum Gasteiger partial charge on any atom is 0.293 e. The Balaban J connectivity index is 0.000000263. The van der Waals surface area contributed by atoms with Crippen LogP contribution in [0.15, 0.2) is 45.3 Å². The van der Waals surface area contributed by atoms with Gasteiger partial charge in [-0.2, -0.15) is 0 Å². The normalized spacial score (nSPS) is 10.3. The third-order valence-corrected chi connectivity index (χ3v) is 4.04. The molecule has 0 atom stereocenters. The fraction of sp³-hybridized carbons (Fsp3) is 0.333. The lowest BCUT2D eigenvalue weighted by Crippen LogP contribution is -2.11. The average molecular weight is 488 g/mol. The molecule has 0 heterocycles. The van der Waals surface area contributed by atoms with Gasteiger partial charge in [-0.05, 0) is 58.0 Å². The van der Waals surface area contributed by atoms with Gasteiger partial charge in [-0.15, -0.1) is 0 Å². The maximum atomic E-state index is 10.7. The van der Waals surface area contributed by atoms with E-state index in [1.807, 2.05) is 32.0 Å². The summed E-state index contributed by atoms with van der Waals surface area (Å²) in [5.74, 6) is 0. The van der Waals surface area contributed by atoms with Gasteiger partial charge in [0.1, 0.15) is 5.69 Å². The summed E-state index contributed by atoms with van der Waals surface area (Å²) in [4.78, 5) is 10.3. The quantitative estimate of drug-likeness (QED) is 0.272. The van der Waals surface area contributed by atoms with Gasteiger partial charge >= 0.3 is 0 Å². The first kappa shape index (κ1) is 22.2. The van der Waals surface area contributed by atoms with Crippen LogP contribution in [0.25, 0.3) is 0 Å². The number of nitrogen functional groups attached to an aromatic ring is 1. The standard InChI is InChI=1S/C9H11BrN2O2.C9H13BrN2/c1-6(2)11-8-4-3-7(10)5-9(8)12(13)14;1-6(2)12-9-4-3-7(10)5-8(9)11/h3-6,11H,1-2H3;3-6,12H,11H2,1-2H3. The van der Waals surface area contributed by atoms with E-state index in [9.17, 15) is 10.1 Å². The minimum atomic E-state index is -0.393. The van der Waals surface area contributed by atoms with Crippen LogP contribution in [-0.4, -0.2) is 17.0 Å². The van der Waals surface area contributed by atoms with Crippen LogP contribution in [-0.2, 0) is 0 Å². The summed E-state index contributed by atoms with van der Waals surface area (Å²) in [5.41, 5.74) is 8.19. The molecule has 2 rings (SSSR count). The number of nitrogens with zero attached hydrogens (tertiary/aromatic N) is 1. The van der Waals surface area contributed by atoms with Crippen LogP contribution in [0.4, 0.5) is 22.7 Å². The second kappa shape index (κ2) is 10.4. The van der Waals surface area contributed by atoms with E-state index >= 15 is 0 Å². The average Bonchev–Trinajstić information content (AvgIpc) is 2.51. The number of halogens is 2. The summed E-state index contributed by atoms with van der Waals surface area (Å²) in [6.07, 6.45) is 0. The zero-order chi connectivity index (χ0) is 19.9. The van der Waals surface area contributed by atoms with E-state index in [1.165, 1.54) is 6.07 Å². The lowest BCUT2D eigenvalue weighted by molar-refractivity contribution is -0.384. The van der Waals surface area contributed by atoms with Crippen LogP contribution < -0.4 is 16.4 Å². The van der Waals surface area contributed by atoms with Crippen molar-refractivity contribution in [2.75, 3.05) is 16.4 Å². The van der Waals surface area contributed by atoms with E-state index in [0.29, 0.717) is 16.2 Å². The van der Waals surface area contributed by atoms with Gasteiger partial charge in [0, 0.05) is 27.1 Å². The number of hydrogen-bond donors (Lipinski definition) is 3. The van der Waals surface area contributed by atoms with Gasteiger partial charge in [-0.3, -0.25) is 10.1 Å². The SMILES string of the molecule is CC(C)Nc1ccc(Br)cc1N.CC(C)Nc1ccc(Br)cc1[N+](=O)[O-]. The van der Waals surface area contributed by atoms with Crippen LogP contribution in [0.1, 0.15) is 27.7 Å². The van der Waals surface area contributed by atoms with Gasteiger partial charge in [0.15, 0.2) is 0 Å². The van der Waals surface area contributed by atoms with Crippen LogP contribution in [0.3, 0.4) is 0 Å². The number of rotatable bonds is 5. The van der Waals surface area contributed by atoms with Crippen LogP contribution >= 0.6 is 31.9 Å². The van der Waals surface area contributed by atoms with E-state index in [0.717, 1.165) is 15.8 Å². The van der Waals surface area contributed by atoms with Gasteiger partial charge in [-0.25, -0.2) is 0 Å². The van der Waals surface area contributed by atoms with Gasteiger partial charge in [-0.1, -0.05) is 31.9 Å². The fourth-order valence-electron chi connectivity index (χ4n) is 2.06. The van der Waals surface area contributed by atoms with E-state index < -0.39 is 4.92 Å². The molecule has 0 spiro atoms. The highest BCUT2D eigenvalue weighted by molar-refractivity contribution is 9.10. The molecule has 6 nitrogen and oxygen atoms in total. The molecule has 0 aromatic heterocycles. The molecule has 8 heteroatoms. The van der Waals surface area contributed by atoms with Crippen LogP contribution in [0.2, 0.25) is 0 Å². The monoisotopic (exact) mass is 486 g/mol. The van der Waals surface area contributed by atoms with Crippen molar-refractivity contribution < 1.29 is 4.92 Å². The van der Waals surface area contributed by atoms with E-state index in [-0.39, 0.29) is 11.7 Å². The van der Waals surface area contributed by atoms with Crippen molar-refractivity contribution in [2.24, 2.45) is 0 Å². The lowest BCUT2D eigenvalue weighted by Gasteiger charge is -2.12. The molecule has 142 valence electrons. The lowest BCUT2D eigenvalue weighted by atomic mass is 10.2. The number of nitrogens with one attached hydrogen (secondary N) is 2. The van der Waals surface area contributed by atoms with E-state index in [2.05, 4.69) is 56.3 Å². The summed E-state index contributed by atoms with van der Waals surface area (Å²) >= 11 is 6.55. The predicted molar refractivity (Wildman–Crippen MR) is 117 cm³/mol. The number of benzene rings is 2. The van der Waals surface area contributed by atoms with Crippen molar-refractivity contribution in [1.29, 1.82) is 0 Å². The number of hydrogen-bond acceptors (Lipinski definition) is 5. The number of nitro groups is 1. The molecule has 0 saturated heterocycles. The molecular formula is C18H24Br2N4O2. The Morgan fingerprint density at radius 1 is 0.923 bits per heavy atom. The molecule has 0 radical (unpaired) electrons. The summed E-state index contributed by atoms with van der Waals surface area (Å²) in [6.45, 7) is 8.04. The first-order chi connectivity index (χ1) is 12.1. The molecule has 26 heavy (non-hydrogen) atoms. The molecule has 0 aliphatic heterocycles. The van der Waals surface area contributed by atoms with Gasteiger partial charge < -0.3 is 16.4 Å². The third kappa shape index (κ3) is 7.61. The molecule has 0 amide bonds. The fourth-order valence-corrected chi connectivity index (χ4v) is 2.79. The zero-order valence-corrected chi connectivity index (χ0v) is 18.4. The molecule has 2 aromatic rings. The van der Waals surface area contributed by atoms with E-state index in [1.54, 1.807) is 12.1 Å². The summed E-state index contributed by atoms with van der Waals surface area (Å²) in [5, 5.41) is 17.0. The minimum Gasteiger partial charge on any atom is -0.397 e. The number of anilines is 3. The molecule has 0 bridgehead atoms. The zero-order valence-electron chi connectivity index (χ0n) is 15.2. The topological polar surface area (TPSA) is 93.2 Å². The molecule has 0 aliphatic rings. The first-order valence-electron chi connectivity index (χ1n) is 8.12. The van der Waals surface area contributed by atoms with Crippen molar-refractivity contribution in [3.63, 3.8) is 0 Å². The van der Waals surface area contributed by atoms with Gasteiger partial charge in [0.05, 0.1) is 16.3 Å². The van der Waals surface area contributed by atoms with E-state index in [4.69, 9.17) is 5.73 Å². The van der Waals surface area contributed by atoms with Crippen molar-refractivity contribution >= 4 is 54.6 Å². The molecule has 4 N–H and O–H groups in total. The molecule has 0 saturated carbocycles. The molecule has 0 unspecified atom stereocenters. The maximum absolute atomic E-state index is 10.7. The highest BCUT2D eigenvalue weighted by atomic mass is 79.9. The Bertz CT molecular complexity index is 752. The summed E-state index contributed by atoms with van der Waals surface area (Å²) < 4.78 is 1.72. The highest BCUT2D eigenvalue weighted by Gasteiger charge is 2.14. The number of nitrogens with two attached hydrogens (primary N) is 1. The molecular weight excluding hydrogens is 464 g/mol. The second-order valence-corrected chi connectivity index (χ2v) is 8.08. The molecule has 2 aromatic carbocycles. The Morgan fingerprint density at radius 3 is 1.85 bits per heavy atom. The van der Waals surface area contributed by atoms with Crippen molar-refractivity contribution in [1.82, 2.24) is 0 Å². The van der Waals surface area contributed by atoms with Gasteiger partial charge in [0.25, 0.3) is 5.69 Å². The summed E-state index contributed by atoms with van der Waals surface area (Å²) in [6, 6.07) is 11.4. The smallest absolute Gasteiger partial charge is 0.293 e. The van der Waals surface area contributed by atoms with Gasteiger partial charge in [0.2, 0.25) is 0 Å². The summed E-state index contributed by atoms with van der Waals surface area (Å²) in [7, 11) is 0. The van der Waals surface area contributed by atoms with Crippen LogP contribution in [0.5, 0.6) is 0 Å². The highest BCUT2D eigenvalue weighted by Crippen LogP contribution is 2.28.